The molecule has 3 heterocycles. The summed E-state index contributed by atoms with van der Waals surface area (Å²) in [6.07, 6.45) is 1.34. The molecule has 0 aliphatic heterocycles. The Morgan fingerprint density at radius 2 is 2.21 bits per heavy atom. The van der Waals surface area contributed by atoms with E-state index in [0.717, 1.165) is 16.4 Å². The van der Waals surface area contributed by atoms with Gasteiger partial charge in [-0.25, -0.2) is 9.97 Å². The fourth-order valence-electron chi connectivity index (χ4n) is 2.12. The molecule has 0 atom stereocenters. The molecule has 2 N–H and O–H groups in total. The first-order valence-electron chi connectivity index (χ1n) is 7.25. The Labute approximate surface area is 145 Å². The van der Waals surface area contributed by atoms with Gasteiger partial charge in [-0.15, -0.1) is 16.4 Å². The number of fused-ring (bicyclic) bond motifs is 1. The summed E-state index contributed by atoms with van der Waals surface area (Å²) in [6.45, 7) is 6.00. The molecule has 24 heavy (non-hydrogen) atoms. The SMILES string of the molecule is Cc1nc(SCCNC(=O)c2cnc3sc(C)c(C)n3c2=O)n[nH]1. The largest absolute Gasteiger partial charge is 0.351 e. The van der Waals surface area contributed by atoms with Crippen LogP contribution in [0.15, 0.2) is 16.1 Å². The van der Waals surface area contributed by atoms with Gasteiger partial charge >= 0.3 is 0 Å². The molecule has 0 aromatic carbocycles. The summed E-state index contributed by atoms with van der Waals surface area (Å²) in [4.78, 5) is 34.7. The molecule has 0 saturated heterocycles. The molecule has 0 radical (unpaired) electrons. The van der Waals surface area contributed by atoms with Crippen molar-refractivity contribution in [2.24, 2.45) is 0 Å². The molecule has 0 aliphatic rings. The van der Waals surface area contributed by atoms with E-state index in [1.165, 1.54) is 33.7 Å². The van der Waals surface area contributed by atoms with Crippen LogP contribution in [0.25, 0.3) is 4.96 Å². The van der Waals surface area contributed by atoms with Crippen LogP contribution >= 0.6 is 23.1 Å². The normalized spacial score (nSPS) is 11.1. The van der Waals surface area contributed by atoms with E-state index in [0.29, 0.717) is 22.4 Å². The lowest BCUT2D eigenvalue weighted by Crippen LogP contribution is -2.32. The van der Waals surface area contributed by atoms with Gasteiger partial charge in [0.25, 0.3) is 11.5 Å². The minimum Gasteiger partial charge on any atom is -0.351 e. The minimum absolute atomic E-state index is 0.0483. The standard InChI is InChI=1S/C14H16N6O2S2/c1-7-8(2)24-14-16-6-10(12(22)20(7)14)11(21)15-4-5-23-13-17-9(3)18-19-13/h6H,4-5H2,1-3H3,(H,15,21)(H,17,18,19). The van der Waals surface area contributed by atoms with E-state index in [-0.39, 0.29) is 11.1 Å². The monoisotopic (exact) mass is 364 g/mol. The summed E-state index contributed by atoms with van der Waals surface area (Å²) < 4.78 is 1.49. The van der Waals surface area contributed by atoms with Crippen molar-refractivity contribution in [2.75, 3.05) is 12.3 Å². The van der Waals surface area contributed by atoms with E-state index < -0.39 is 5.91 Å². The fourth-order valence-corrected chi connectivity index (χ4v) is 3.75. The summed E-state index contributed by atoms with van der Waals surface area (Å²) in [6, 6.07) is 0. The van der Waals surface area contributed by atoms with Crippen LogP contribution in [0, 0.1) is 20.8 Å². The predicted octanol–water partition coefficient (Wildman–Crippen LogP) is 1.32. The molecule has 0 fully saturated rings. The number of thiazole rings is 1. The number of carbonyl (C=O) groups is 1. The first-order valence-corrected chi connectivity index (χ1v) is 9.05. The van der Waals surface area contributed by atoms with Crippen molar-refractivity contribution in [3.05, 3.63) is 38.5 Å². The maximum atomic E-state index is 12.5. The van der Waals surface area contributed by atoms with Crippen LogP contribution in [0.1, 0.15) is 26.8 Å². The van der Waals surface area contributed by atoms with E-state index in [1.807, 2.05) is 20.8 Å². The molecule has 0 unspecified atom stereocenters. The molecule has 8 nitrogen and oxygen atoms in total. The van der Waals surface area contributed by atoms with Gasteiger partial charge in [-0.3, -0.25) is 19.1 Å². The van der Waals surface area contributed by atoms with Gasteiger partial charge in [0.1, 0.15) is 11.4 Å². The second-order valence-electron chi connectivity index (χ2n) is 5.15. The fraction of sp³-hybridized carbons (Fsp3) is 0.357. The van der Waals surface area contributed by atoms with E-state index in [9.17, 15) is 9.59 Å². The van der Waals surface area contributed by atoms with E-state index in [4.69, 9.17) is 0 Å². The Morgan fingerprint density at radius 3 is 2.92 bits per heavy atom. The summed E-state index contributed by atoms with van der Waals surface area (Å²) in [7, 11) is 0. The second-order valence-corrected chi connectivity index (χ2v) is 7.39. The Hall–Kier alpha value is -2.20. The average Bonchev–Trinajstić information content (AvgIpc) is 3.08. The molecule has 10 heteroatoms. The van der Waals surface area contributed by atoms with Gasteiger partial charge in [0, 0.05) is 29.1 Å². The number of thioether (sulfide) groups is 1. The summed E-state index contributed by atoms with van der Waals surface area (Å²) >= 11 is 2.86. The summed E-state index contributed by atoms with van der Waals surface area (Å²) in [5.74, 6) is 0.934. The van der Waals surface area contributed by atoms with Gasteiger partial charge in [0.2, 0.25) is 5.16 Å². The lowest BCUT2D eigenvalue weighted by atomic mass is 10.3. The Kier molecular flexibility index (Phi) is 4.67. The highest BCUT2D eigenvalue weighted by atomic mass is 32.2. The Morgan fingerprint density at radius 1 is 1.42 bits per heavy atom. The number of H-pyrrole nitrogens is 1. The first-order chi connectivity index (χ1) is 11.5. The average molecular weight is 364 g/mol. The summed E-state index contributed by atoms with van der Waals surface area (Å²) in [5, 5.41) is 10.1. The number of aromatic amines is 1. The van der Waals surface area contributed by atoms with Crippen LogP contribution < -0.4 is 10.9 Å². The van der Waals surface area contributed by atoms with Gasteiger partial charge in [-0.2, -0.15) is 0 Å². The predicted molar refractivity (Wildman–Crippen MR) is 93.0 cm³/mol. The zero-order chi connectivity index (χ0) is 17.3. The zero-order valence-electron chi connectivity index (χ0n) is 13.4. The highest BCUT2D eigenvalue weighted by molar-refractivity contribution is 7.99. The van der Waals surface area contributed by atoms with E-state index in [2.05, 4.69) is 25.5 Å². The van der Waals surface area contributed by atoms with Crippen molar-refractivity contribution < 1.29 is 4.79 Å². The molecule has 126 valence electrons. The smallest absolute Gasteiger partial charge is 0.271 e. The van der Waals surface area contributed by atoms with Gasteiger partial charge in [0.15, 0.2) is 4.96 Å². The number of hydrogen-bond donors (Lipinski definition) is 2. The molecule has 0 aliphatic carbocycles. The third-order valence-corrected chi connectivity index (χ3v) is 5.38. The van der Waals surface area contributed by atoms with Crippen LogP contribution in [0.5, 0.6) is 0 Å². The maximum absolute atomic E-state index is 12.5. The van der Waals surface area contributed by atoms with E-state index >= 15 is 0 Å². The van der Waals surface area contributed by atoms with Crippen molar-refractivity contribution in [3.63, 3.8) is 0 Å². The van der Waals surface area contributed by atoms with Crippen molar-refractivity contribution in [1.29, 1.82) is 0 Å². The number of aryl methyl sites for hydroxylation is 3. The number of nitrogens with zero attached hydrogens (tertiary/aromatic N) is 4. The van der Waals surface area contributed by atoms with Crippen molar-refractivity contribution in [1.82, 2.24) is 29.9 Å². The van der Waals surface area contributed by atoms with Gasteiger partial charge in [-0.05, 0) is 20.8 Å². The number of carbonyl (C=O) groups excluding carboxylic acids is 1. The molecule has 1 amide bonds. The highest BCUT2D eigenvalue weighted by Gasteiger charge is 2.16. The number of aromatic nitrogens is 5. The number of hydrogen-bond acceptors (Lipinski definition) is 7. The third-order valence-electron chi connectivity index (χ3n) is 3.46. The first kappa shape index (κ1) is 16.7. The molecule has 0 spiro atoms. The molecule has 0 saturated carbocycles. The molecular formula is C14H16N6O2S2. The molecule has 3 aromatic rings. The van der Waals surface area contributed by atoms with Crippen LogP contribution in [0.3, 0.4) is 0 Å². The Bertz CT molecular complexity index is 958. The number of rotatable bonds is 5. The molecule has 0 bridgehead atoms. The zero-order valence-corrected chi connectivity index (χ0v) is 15.0. The lowest BCUT2D eigenvalue weighted by Gasteiger charge is -2.04. The van der Waals surface area contributed by atoms with Crippen LogP contribution in [-0.2, 0) is 0 Å². The van der Waals surface area contributed by atoms with Crippen molar-refractivity contribution in [3.8, 4) is 0 Å². The number of nitrogens with one attached hydrogen (secondary N) is 2. The quantitative estimate of drug-likeness (QED) is 0.523. The van der Waals surface area contributed by atoms with Crippen molar-refractivity contribution >= 4 is 34.0 Å². The minimum atomic E-state index is -0.420. The molecule has 3 rings (SSSR count). The molecule has 3 aromatic heterocycles. The second kappa shape index (κ2) is 6.73. The van der Waals surface area contributed by atoms with Crippen LogP contribution in [-0.4, -0.2) is 42.8 Å². The third kappa shape index (κ3) is 3.20. The topological polar surface area (TPSA) is 105 Å². The van der Waals surface area contributed by atoms with Gasteiger partial charge < -0.3 is 5.32 Å². The maximum Gasteiger partial charge on any atom is 0.271 e. The highest BCUT2D eigenvalue weighted by Crippen LogP contribution is 2.18. The van der Waals surface area contributed by atoms with Crippen LogP contribution in [0.2, 0.25) is 0 Å². The molecular weight excluding hydrogens is 348 g/mol. The van der Waals surface area contributed by atoms with Gasteiger partial charge in [0.05, 0.1) is 0 Å². The van der Waals surface area contributed by atoms with E-state index in [1.54, 1.807) is 0 Å². The lowest BCUT2D eigenvalue weighted by molar-refractivity contribution is 0.0954. The van der Waals surface area contributed by atoms with Crippen molar-refractivity contribution in [2.45, 2.75) is 25.9 Å². The van der Waals surface area contributed by atoms with Gasteiger partial charge in [-0.1, -0.05) is 11.8 Å². The summed E-state index contributed by atoms with van der Waals surface area (Å²) in [5.41, 5.74) is 0.529. The Balaban J connectivity index is 1.67. The van der Waals surface area contributed by atoms with Crippen LogP contribution in [0.4, 0.5) is 0 Å². The number of amides is 1.